The lowest BCUT2D eigenvalue weighted by molar-refractivity contribution is 0.212. The summed E-state index contributed by atoms with van der Waals surface area (Å²) in [5.74, 6) is 0. The first kappa shape index (κ1) is 9.65. The Morgan fingerprint density at radius 3 is 2.79 bits per heavy atom. The molecule has 0 radical (unpaired) electrons. The van der Waals surface area contributed by atoms with Crippen molar-refractivity contribution in [3.05, 3.63) is 35.2 Å². The Hall–Kier alpha value is -0.900. The first-order valence-corrected chi connectivity index (χ1v) is 5.34. The van der Waals surface area contributed by atoms with Crippen LogP contribution in [0.25, 0.3) is 10.1 Å². The number of nitrogens with two attached hydrogens (primary N) is 1. The SMILES string of the molecule is CC(N)(CO)c1cc2ccccc2s1. The largest absolute Gasteiger partial charge is 0.394 e. The molecule has 0 saturated heterocycles. The van der Waals surface area contributed by atoms with Crippen LogP contribution in [0.2, 0.25) is 0 Å². The van der Waals surface area contributed by atoms with Crippen LogP contribution in [0, 0.1) is 0 Å². The van der Waals surface area contributed by atoms with Crippen molar-refractivity contribution >= 4 is 21.4 Å². The summed E-state index contributed by atoms with van der Waals surface area (Å²) in [5, 5.41) is 10.3. The van der Waals surface area contributed by atoms with Crippen molar-refractivity contribution in [1.29, 1.82) is 0 Å². The Labute approximate surface area is 87.0 Å². The monoisotopic (exact) mass is 207 g/mol. The maximum absolute atomic E-state index is 9.15. The van der Waals surface area contributed by atoms with Crippen LogP contribution in [0.5, 0.6) is 0 Å². The van der Waals surface area contributed by atoms with Crippen LogP contribution < -0.4 is 5.73 Å². The fourth-order valence-corrected chi connectivity index (χ4v) is 2.45. The zero-order chi connectivity index (χ0) is 10.2. The Kier molecular flexibility index (Phi) is 2.31. The Morgan fingerprint density at radius 1 is 1.43 bits per heavy atom. The first-order chi connectivity index (χ1) is 6.63. The lowest BCUT2D eigenvalue weighted by Crippen LogP contribution is -2.35. The average Bonchev–Trinajstić information content (AvgIpc) is 2.61. The van der Waals surface area contributed by atoms with E-state index < -0.39 is 5.54 Å². The van der Waals surface area contributed by atoms with Crippen molar-refractivity contribution in [2.24, 2.45) is 5.73 Å². The summed E-state index contributed by atoms with van der Waals surface area (Å²) in [6.07, 6.45) is 0. The Morgan fingerprint density at radius 2 is 2.14 bits per heavy atom. The van der Waals surface area contributed by atoms with Crippen LogP contribution in [0.3, 0.4) is 0 Å². The first-order valence-electron chi connectivity index (χ1n) is 4.52. The molecule has 3 N–H and O–H groups in total. The topological polar surface area (TPSA) is 46.2 Å². The van der Waals surface area contributed by atoms with Gasteiger partial charge in [-0.2, -0.15) is 0 Å². The van der Waals surface area contributed by atoms with Gasteiger partial charge in [0, 0.05) is 9.58 Å². The summed E-state index contributed by atoms with van der Waals surface area (Å²) in [4.78, 5) is 1.03. The fraction of sp³-hybridized carbons (Fsp3) is 0.273. The molecule has 0 amide bonds. The Bertz CT molecular complexity index is 414. The number of fused-ring (bicyclic) bond motifs is 1. The third-order valence-electron chi connectivity index (χ3n) is 2.32. The minimum absolute atomic E-state index is 0.0280. The molecule has 0 aliphatic carbocycles. The lowest BCUT2D eigenvalue weighted by atomic mass is 10.0. The molecular weight excluding hydrogens is 194 g/mol. The molecule has 74 valence electrons. The van der Waals surface area contributed by atoms with Gasteiger partial charge in [0.05, 0.1) is 12.1 Å². The normalized spacial score (nSPS) is 15.6. The van der Waals surface area contributed by atoms with Crippen molar-refractivity contribution in [2.45, 2.75) is 12.5 Å². The number of thiophene rings is 1. The summed E-state index contributed by atoms with van der Waals surface area (Å²) in [7, 11) is 0. The summed E-state index contributed by atoms with van der Waals surface area (Å²) >= 11 is 1.64. The van der Waals surface area contributed by atoms with E-state index >= 15 is 0 Å². The molecule has 0 bridgehead atoms. The van der Waals surface area contributed by atoms with Gasteiger partial charge in [-0.1, -0.05) is 18.2 Å². The smallest absolute Gasteiger partial charge is 0.0709 e. The molecule has 1 aromatic carbocycles. The molecule has 0 fully saturated rings. The van der Waals surface area contributed by atoms with Gasteiger partial charge in [-0.25, -0.2) is 0 Å². The highest BCUT2D eigenvalue weighted by molar-refractivity contribution is 7.19. The summed E-state index contributed by atoms with van der Waals surface area (Å²) in [5.41, 5.74) is 5.34. The predicted octanol–water partition coefficient (Wildman–Crippen LogP) is 2.07. The van der Waals surface area contributed by atoms with E-state index in [1.165, 1.54) is 10.1 Å². The zero-order valence-corrected chi connectivity index (χ0v) is 8.84. The van der Waals surface area contributed by atoms with E-state index in [1.54, 1.807) is 11.3 Å². The standard InChI is InChI=1S/C11H13NOS/c1-11(12,7-13)10-6-8-4-2-3-5-9(8)14-10/h2-6,13H,7,12H2,1H3. The number of rotatable bonds is 2. The second-order valence-corrected chi connectivity index (χ2v) is 4.81. The van der Waals surface area contributed by atoms with Crippen LogP contribution >= 0.6 is 11.3 Å². The third-order valence-corrected chi connectivity index (χ3v) is 3.71. The highest BCUT2D eigenvalue weighted by atomic mass is 32.1. The van der Waals surface area contributed by atoms with E-state index in [1.807, 2.05) is 19.1 Å². The van der Waals surface area contributed by atoms with E-state index in [2.05, 4.69) is 18.2 Å². The van der Waals surface area contributed by atoms with Crippen LogP contribution in [0.1, 0.15) is 11.8 Å². The van der Waals surface area contributed by atoms with Crippen LogP contribution in [0.15, 0.2) is 30.3 Å². The van der Waals surface area contributed by atoms with Gasteiger partial charge in [0.15, 0.2) is 0 Å². The number of benzene rings is 1. The molecule has 2 aromatic rings. The molecule has 1 atom stereocenters. The average molecular weight is 207 g/mol. The Balaban J connectivity index is 2.55. The molecule has 0 aliphatic rings. The van der Waals surface area contributed by atoms with Gasteiger partial charge in [0.25, 0.3) is 0 Å². The van der Waals surface area contributed by atoms with Crippen LogP contribution in [-0.2, 0) is 5.54 Å². The minimum Gasteiger partial charge on any atom is -0.394 e. The van der Waals surface area contributed by atoms with Gasteiger partial charge in [-0.3, -0.25) is 0 Å². The maximum atomic E-state index is 9.15. The zero-order valence-electron chi connectivity index (χ0n) is 8.03. The second-order valence-electron chi connectivity index (χ2n) is 3.72. The van der Waals surface area contributed by atoms with Gasteiger partial charge in [-0.15, -0.1) is 11.3 Å². The van der Waals surface area contributed by atoms with Crippen molar-refractivity contribution in [1.82, 2.24) is 0 Å². The molecule has 0 aliphatic heterocycles. The minimum atomic E-state index is -0.621. The predicted molar refractivity (Wildman–Crippen MR) is 60.5 cm³/mol. The molecule has 14 heavy (non-hydrogen) atoms. The van der Waals surface area contributed by atoms with Gasteiger partial charge in [-0.05, 0) is 24.4 Å². The van der Waals surface area contributed by atoms with E-state index in [0.717, 1.165) is 4.88 Å². The molecule has 2 nitrogen and oxygen atoms in total. The molecule has 1 unspecified atom stereocenters. The highest BCUT2D eigenvalue weighted by Crippen LogP contribution is 2.31. The summed E-state index contributed by atoms with van der Waals surface area (Å²) in [6.45, 7) is 1.82. The molecule has 3 heteroatoms. The van der Waals surface area contributed by atoms with Crippen molar-refractivity contribution in [2.75, 3.05) is 6.61 Å². The highest BCUT2D eigenvalue weighted by Gasteiger charge is 2.22. The van der Waals surface area contributed by atoms with Crippen LogP contribution in [0.4, 0.5) is 0 Å². The second kappa shape index (κ2) is 3.35. The van der Waals surface area contributed by atoms with E-state index in [0.29, 0.717) is 0 Å². The van der Waals surface area contributed by atoms with E-state index in [4.69, 9.17) is 10.8 Å². The number of hydrogen-bond acceptors (Lipinski definition) is 3. The molecular formula is C11H13NOS. The molecule has 1 aromatic heterocycles. The fourth-order valence-electron chi connectivity index (χ4n) is 1.34. The van der Waals surface area contributed by atoms with Crippen molar-refractivity contribution in [3.63, 3.8) is 0 Å². The van der Waals surface area contributed by atoms with Crippen LogP contribution in [-0.4, -0.2) is 11.7 Å². The lowest BCUT2D eigenvalue weighted by Gasteiger charge is -2.19. The van der Waals surface area contributed by atoms with E-state index in [9.17, 15) is 0 Å². The number of hydrogen-bond donors (Lipinski definition) is 2. The van der Waals surface area contributed by atoms with Gasteiger partial charge < -0.3 is 10.8 Å². The van der Waals surface area contributed by atoms with Gasteiger partial charge in [0.1, 0.15) is 0 Å². The van der Waals surface area contributed by atoms with Gasteiger partial charge >= 0.3 is 0 Å². The molecule has 2 rings (SSSR count). The quantitative estimate of drug-likeness (QED) is 0.792. The molecule has 0 spiro atoms. The number of aliphatic hydroxyl groups is 1. The third kappa shape index (κ3) is 1.54. The summed E-state index contributed by atoms with van der Waals surface area (Å²) < 4.78 is 1.22. The number of aliphatic hydroxyl groups excluding tert-OH is 1. The molecule has 0 saturated carbocycles. The summed E-state index contributed by atoms with van der Waals surface area (Å²) in [6, 6.07) is 10.2. The van der Waals surface area contributed by atoms with Gasteiger partial charge in [0.2, 0.25) is 0 Å². The molecule has 1 heterocycles. The van der Waals surface area contributed by atoms with Crippen molar-refractivity contribution < 1.29 is 5.11 Å². The maximum Gasteiger partial charge on any atom is 0.0709 e. The van der Waals surface area contributed by atoms with E-state index in [-0.39, 0.29) is 6.61 Å². The van der Waals surface area contributed by atoms with Crippen molar-refractivity contribution in [3.8, 4) is 0 Å².